The number of amides is 1. The molecule has 1 atom stereocenters. The van der Waals surface area contributed by atoms with Crippen molar-refractivity contribution in [3.05, 3.63) is 65.5 Å². The Morgan fingerprint density at radius 1 is 1.17 bits per heavy atom. The van der Waals surface area contributed by atoms with Crippen LogP contribution in [0.15, 0.2) is 53.4 Å². The molecule has 1 unspecified atom stereocenters. The smallest absolute Gasteiger partial charge is 0.233 e. The first-order chi connectivity index (χ1) is 11.4. The number of benzene rings is 2. The Hall–Kier alpha value is -2.14. The lowest BCUT2D eigenvalue weighted by Gasteiger charge is -2.25. The van der Waals surface area contributed by atoms with Gasteiger partial charge < -0.3 is 4.90 Å². The first kappa shape index (κ1) is 18.2. The molecule has 0 N–H and O–H groups in total. The third-order valence-electron chi connectivity index (χ3n) is 3.95. The van der Waals surface area contributed by atoms with Gasteiger partial charge in [0.15, 0.2) is 5.78 Å². The molecule has 5 heteroatoms. The molecule has 0 heterocycles. The highest BCUT2D eigenvalue weighted by Gasteiger charge is 2.18. The average Bonchev–Trinajstić information content (AvgIpc) is 2.59. The van der Waals surface area contributed by atoms with Gasteiger partial charge in [0.25, 0.3) is 0 Å². The Kier molecular flexibility index (Phi) is 6.15. The molecule has 24 heavy (non-hydrogen) atoms. The van der Waals surface area contributed by atoms with E-state index in [1.54, 1.807) is 24.1 Å². The van der Waals surface area contributed by atoms with Crippen molar-refractivity contribution in [2.75, 3.05) is 12.8 Å². The summed E-state index contributed by atoms with van der Waals surface area (Å²) in [6.07, 6.45) is 0. The van der Waals surface area contributed by atoms with E-state index >= 15 is 0 Å². The summed E-state index contributed by atoms with van der Waals surface area (Å²) in [6, 6.07) is 14.0. The van der Waals surface area contributed by atoms with Crippen molar-refractivity contribution in [2.24, 2.45) is 0 Å². The van der Waals surface area contributed by atoms with Crippen molar-refractivity contribution < 1.29 is 14.0 Å². The first-order valence-corrected chi connectivity index (χ1v) is 8.62. The Morgan fingerprint density at radius 3 is 2.42 bits per heavy atom. The van der Waals surface area contributed by atoms with Crippen molar-refractivity contribution in [1.29, 1.82) is 0 Å². The van der Waals surface area contributed by atoms with Crippen LogP contribution in [0.2, 0.25) is 0 Å². The Morgan fingerprint density at radius 2 is 1.83 bits per heavy atom. The van der Waals surface area contributed by atoms with Gasteiger partial charge in [-0.1, -0.05) is 36.4 Å². The van der Waals surface area contributed by atoms with Gasteiger partial charge in [-0.25, -0.2) is 4.39 Å². The molecule has 0 aliphatic rings. The van der Waals surface area contributed by atoms with Crippen molar-refractivity contribution >= 4 is 23.5 Å². The van der Waals surface area contributed by atoms with Crippen LogP contribution in [0, 0.1) is 5.82 Å². The predicted molar refractivity (Wildman–Crippen MR) is 94.8 cm³/mol. The second-order valence-corrected chi connectivity index (χ2v) is 6.60. The molecule has 2 rings (SSSR count). The van der Waals surface area contributed by atoms with E-state index in [1.807, 2.05) is 37.3 Å². The van der Waals surface area contributed by atoms with Crippen LogP contribution in [0.4, 0.5) is 4.39 Å². The average molecular weight is 345 g/mol. The molecule has 0 saturated carbocycles. The van der Waals surface area contributed by atoms with Crippen LogP contribution in [0.1, 0.15) is 35.8 Å². The summed E-state index contributed by atoms with van der Waals surface area (Å²) in [6.45, 7) is 3.35. The molecule has 2 aromatic carbocycles. The first-order valence-electron chi connectivity index (χ1n) is 7.64. The largest absolute Gasteiger partial charge is 0.338 e. The van der Waals surface area contributed by atoms with Crippen LogP contribution in [-0.4, -0.2) is 29.4 Å². The number of nitrogens with zero attached hydrogens (tertiary/aromatic N) is 1. The molecular weight excluding hydrogens is 325 g/mol. The van der Waals surface area contributed by atoms with Crippen molar-refractivity contribution in [1.82, 2.24) is 4.90 Å². The summed E-state index contributed by atoms with van der Waals surface area (Å²) in [4.78, 5) is 25.6. The fourth-order valence-electron chi connectivity index (χ4n) is 2.25. The second kappa shape index (κ2) is 8.11. The van der Waals surface area contributed by atoms with Gasteiger partial charge in [0.1, 0.15) is 5.82 Å². The Labute approximate surface area is 145 Å². The summed E-state index contributed by atoms with van der Waals surface area (Å²) in [5, 5.41) is 0. The van der Waals surface area contributed by atoms with Crippen LogP contribution in [0.25, 0.3) is 0 Å². The maximum atomic E-state index is 14.0. The van der Waals surface area contributed by atoms with E-state index in [-0.39, 0.29) is 23.5 Å². The van der Waals surface area contributed by atoms with Gasteiger partial charge in [-0.15, -0.1) is 11.8 Å². The fourth-order valence-corrected chi connectivity index (χ4v) is 3.09. The molecule has 0 aliphatic carbocycles. The van der Waals surface area contributed by atoms with Gasteiger partial charge >= 0.3 is 0 Å². The SMILES string of the molecule is CC(=O)c1ccc(SCC(=O)N(C)C(C)c2ccccc2)c(F)c1. The second-order valence-electron chi connectivity index (χ2n) is 5.58. The van der Waals surface area contributed by atoms with Gasteiger partial charge in [0, 0.05) is 17.5 Å². The highest BCUT2D eigenvalue weighted by atomic mass is 32.2. The quantitative estimate of drug-likeness (QED) is 0.577. The van der Waals surface area contributed by atoms with E-state index in [1.165, 1.54) is 13.0 Å². The van der Waals surface area contributed by atoms with E-state index < -0.39 is 5.82 Å². The molecule has 2 aromatic rings. The van der Waals surface area contributed by atoms with Gasteiger partial charge in [-0.05, 0) is 31.5 Å². The van der Waals surface area contributed by atoms with Gasteiger partial charge in [0.05, 0.1) is 11.8 Å². The van der Waals surface area contributed by atoms with Crippen LogP contribution in [0.5, 0.6) is 0 Å². The molecule has 0 radical (unpaired) electrons. The maximum Gasteiger partial charge on any atom is 0.233 e. The van der Waals surface area contributed by atoms with Crippen LogP contribution in [0.3, 0.4) is 0 Å². The number of carbonyl (C=O) groups is 2. The van der Waals surface area contributed by atoms with Crippen LogP contribution in [-0.2, 0) is 4.79 Å². The predicted octanol–water partition coefficient (Wildman–Crippen LogP) is 4.34. The Bertz CT molecular complexity index is 733. The number of hydrogen-bond acceptors (Lipinski definition) is 3. The highest BCUT2D eigenvalue weighted by Crippen LogP contribution is 2.25. The molecule has 0 bridgehead atoms. The maximum absolute atomic E-state index is 14.0. The fraction of sp³-hybridized carbons (Fsp3) is 0.263. The highest BCUT2D eigenvalue weighted by molar-refractivity contribution is 8.00. The molecule has 1 amide bonds. The van der Waals surface area contributed by atoms with Crippen molar-refractivity contribution in [2.45, 2.75) is 24.8 Å². The van der Waals surface area contributed by atoms with Gasteiger partial charge in [-0.2, -0.15) is 0 Å². The third kappa shape index (κ3) is 4.45. The minimum Gasteiger partial charge on any atom is -0.338 e. The number of halogens is 1. The summed E-state index contributed by atoms with van der Waals surface area (Å²) < 4.78 is 14.0. The molecule has 3 nitrogen and oxygen atoms in total. The van der Waals surface area contributed by atoms with Gasteiger partial charge in [-0.3, -0.25) is 9.59 Å². The molecule has 0 aromatic heterocycles. The zero-order chi connectivity index (χ0) is 17.7. The number of thioether (sulfide) groups is 1. The van der Waals surface area contributed by atoms with Crippen molar-refractivity contribution in [3.63, 3.8) is 0 Å². The summed E-state index contributed by atoms with van der Waals surface area (Å²) >= 11 is 1.14. The number of carbonyl (C=O) groups excluding carboxylic acids is 2. The third-order valence-corrected chi connectivity index (χ3v) is 4.98. The molecule has 126 valence electrons. The number of ketones is 1. The standard InChI is InChI=1S/C19H20FNO2S/c1-13(15-7-5-4-6-8-15)21(3)19(23)12-24-18-10-9-16(14(2)22)11-17(18)20/h4-11,13H,12H2,1-3H3. The molecular formula is C19H20FNO2S. The summed E-state index contributed by atoms with van der Waals surface area (Å²) in [5.41, 5.74) is 1.38. The van der Waals surface area contributed by atoms with Crippen molar-refractivity contribution in [3.8, 4) is 0 Å². The molecule has 0 fully saturated rings. The molecule has 0 spiro atoms. The van der Waals surface area contributed by atoms with Crippen LogP contribution < -0.4 is 0 Å². The van der Waals surface area contributed by atoms with E-state index in [4.69, 9.17) is 0 Å². The van der Waals surface area contributed by atoms with E-state index in [9.17, 15) is 14.0 Å². The Balaban J connectivity index is 1.99. The molecule has 0 saturated heterocycles. The lowest BCUT2D eigenvalue weighted by molar-refractivity contribution is -0.128. The lowest BCUT2D eigenvalue weighted by Crippen LogP contribution is -2.31. The van der Waals surface area contributed by atoms with E-state index in [0.29, 0.717) is 10.5 Å². The minimum absolute atomic E-state index is 0.0516. The number of Topliss-reactive ketones (excluding diaryl/α,β-unsaturated/α-hetero) is 1. The normalized spacial score (nSPS) is 11.8. The number of hydrogen-bond donors (Lipinski definition) is 0. The van der Waals surface area contributed by atoms with E-state index in [0.717, 1.165) is 17.3 Å². The lowest BCUT2D eigenvalue weighted by atomic mass is 10.1. The monoisotopic (exact) mass is 345 g/mol. The van der Waals surface area contributed by atoms with Gasteiger partial charge in [0.2, 0.25) is 5.91 Å². The topological polar surface area (TPSA) is 37.4 Å². The molecule has 0 aliphatic heterocycles. The summed E-state index contributed by atoms with van der Waals surface area (Å²) in [7, 11) is 1.75. The van der Waals surface area contributed by atoms with Crippen LogP contribution >= 0.6 is 11.8 Å². The zero-order valence-corrected chi connectivity index (χ0v) is 14.8. The number of rotatable bonds is 6. The minimum atomic E-state index is -0.473. The summed E-state index contributed by atoms with van der Waals surface area (Å²) in [5.74, 6) is -0.590. The van der Waals surface area contributed by atoms with E-state index in [2.05, 4.69) is 0 Å². The zero-order valence-electron chi connectivity index (χ0n) is 14.0.